The Morgan fingerprint density at radius 1 is 0.773 bits per heavy atom. The summed E-state index contributed by atoms with van der Waals surface area (Å²) in [5.41, 5.74) is 3.56. The summed E-state index contributed by atoms with van der Waals surface area (Å²) in [5.74, 6) is 0. The molecule has 3 heteroatoms. The predicted octanol–water partition coefficient (Wildman–Crippen LogP) is 6.15. The van der Waals surface area contributed by atoms with E-state index in [9.17, 15) is 0 Å². The molecule has 0 fully saturated rings. The molecule has 0 saturated heterocycles. The van der Waals surface area contributed by atoms with Crippen LogP contribution in [0.5, 0.6) is 0 Å². The first-order chi connectivity index (χ1) is 10.7. The van der Waals surface area contributed by atoms with Gasteiger partial charge in [0, 0.05) is 14.3 Å². The van der Waals surface area contributed by atoms with Crippen molar-refractivity contribution in [3.63, 3.8) is 0 Å². The normalized spacial score (nSPS) is 10.7. The van der Waals surface area contributed by atoms with Crippen LogP contribution < -0.4 is 5.32 Å². The Morgan fingerprint density at radius 2 is 1.32 bits per heavy atom. The molecule has 0 heterocycles. The molecule has 3 rings (SSSR count). The maximum atomic E-state index is 6.05. The Kier molecular flexibility index (Phi) is 5.01. The maximum absolute atomic E-state index is 6.05. The minimum Gasteiger partial charge on any atom is -0.373 e. The molecule has 110 valence electrons. The summed E-state index contributed by atoms with van der Waals surface area (Å²) in [5, 5.41) is 4.40. The van der Waals surface area contributed by atoms with Crippen LogP contribution in [0.15, 0.2) is 78.9 Å². The van der Waals surface area contributed by atoms with Crippen LogP contribution in [0.25, 0.3) is 0 Å². The summed E-state index contributed by atoms with van der Waals surface area (Å²) in [6, 6.07) is 27.0. The third-order valence-corrected chi connectivity index (χ3v) is 4.62. The van der Waals surface area contributed by atoms with Crippen molar-refractivity contribution in [2.45, 2.75) is 6.04 Å². The number of hydrogen-bond acceptors (Lipinski definition) is 1. The zero-order chi connectivity index (χ0) is 15.4. The van der Waals surface area contributed by atoms with Gasteiger partial charge in [-0.3, -0.25) is 0 Å². The molecule has 3 aromatic carbocycles. The lowest BCUT2D eigenvalue weighted by molar-refractivity contribution is 0.938. The molecule has 0 aliphatic rings. The van der Waals surface area contributed by atoms with Gasteiger partial charge in [0.25, 0.3) is 0 Å². The summed E-state index contributed by atoms with van der Waals surface area (Å²) in [6.45, 7) is 0. The Balaban J connectivity index is 1.99. The summed E-state index contributed by atoms with van der Waals surface area (Å²) in [7, 11) is 0. The van der Waals surface area contributed by atoms with E-state index in [1.54, 1.807) is 0 Å². The summed E-state index contributed by atoms with van der Waals surface area (Å²) >= 11 is 8.37. The van der Waals surface area contributed by atoms with Crippen molar-refractivity contribution >= 4 is 39.9 Å². The molecule has 0 aliphatic carbocycles. The van der Waals surface area contributed by atoms with E-state index in [2.05, 4.69) is 76.4 Å². The van der Waals surface area contributed by atoms with Gasteiger partial charge in [-0.25, -0.2) is 0 Å². The molecule has 0 aromatic heterocycles. The number of nitrogens with one attached hydrogen (secondary N) is 1. The first kappa shape index (κ1) is 15.4. The molecule has 1 N–H and O–H groups in total. The minimum atomic E-state index is 0.108. The van der Waals surface area contributed by atoms with Gasteiger partial charge in [0.1, 0.15) is 0 Å². The highest BCUT2D eigenvalue weighted by molar-refractivity contribution is 14.1. The Bertz CT molecular complexity index is 704. The van der Waals surface area contributed by atoms with Crippen LogP contribution in [0.4, 0.5) is 5.69 Å². The van der Waals surface area contributed by atoms with Gasteiger partial charge >= 0.3 is 0 Å². The van der Waals surface area contributed by atoms with E-state index in [0.717, 1.165) is 14.3 Å². The van der Waals surface area contributed by atoms with E-state index in [4.69, 9.17) is 11.6 Å². The average molecular weight is 420 g/mol. The van der Waals surface area contributed by atoms with E-state index < -0.39 is 0 Å². The maximum Gasteiger partial charge on any atom is 0.0767 e. The highest BCUT2D eigenvalue weighted by Crippen LogP contribution is 2.30. The fourth-order valence-electron chi connectivity index (χ4n) is 2.41. The third-order valence-electron chi connectivity index (χ3n) is 3.50. The molecule has 0 atom stereocenters. The van der Waals surface area contributed by atoms with Crippen molar-refractivity contribution in [1.29, 1.82) is 0 Å². The van der Waals surface area contributed by atoms with Crippen LogP contribution in [0, 0.1) is 3.57 Å². The lowest BCUT2D eigenvalue weighted by atomic mass is 9.98. The first-order valence-corrected chi connectivity index (χ1v) is 8.51. The number of hydrogen-bond donors (Lipinski definition) is 1. The van der Waals surface area contributed by atoms with Crippen molar-refractivity contribution in [2.24, 2.45) is 0 Å². The Hall–Kier alpha value is -1.52. The standard InChI is InChI=1S/C19H15ClIN/c20-16-11-12-18(17(21)13-16)22-19(14-7-3-1-4-8-14)15-9-5-2-6-10-15/h1-13,19,22H. The minimum absolute atomic E-state index is 0.108. The van der Waals surface area contributed by atoms with Gasteiger partial charge in [-0.15, -0.1) is 0 Å². The van der Waals surface area contributed by atoms with Crippen molar-refractivity contribution in [1.82, 2.24) is 0 Å². The molecule has 22 heavy (non-hydrogen) atoms. The van der Waals surface area contributed by atoms with Crippen LogP contribution in [0.2, 0.25) is 5.02 Å². The van der Waals surface area contributed by atoms with Crippen LogP contribution in [0.1, 0.15) is 17.2 Å². The molecule has 3 aromatic rings. The van der Waals surface area contributed by atoms with E-state index in [1.807, 2.05) is 30.3 Å². The van der Waals surface area contributed by atoms with Crippen molar-refractivity contribution in [2.75, 3.05) is 5.32 Å². The lowest BCUT2D eigenvalue weighted by Crippen LogP contribution is -2.13. The SMILES string of the molecule is Clc1ccc(NC(c2ccccc2)c2ccccc2)c(I)c1. The second-order valence-corrected chi connectivity index (χ2v) is 6.62. The van der Waals surface area contributed by atoms with Gasteiger partial charge < -0.3 is 5.32 Å². The second-order valence-electron chi connectivity index (χ2n) is 5.02. The largest absolute Gasteiger partial charge is 0.373 e. The van der Waals surface area contributed by atoms with E-state index in [0.29, 0.717) is 0 Å². The zero-order valence-corrected chi connectivity index (χ0v) is 14.8. The smallest absolute Gasteiger partial charge is 0.0767 e. The number of halogens is 2. The Morgan fingerprint density at radius 3 is 1.82 bits per heavy atom. The quantitative estimate of drug-likeness (QED) is 0.500. The van der Waals surface area contributed by atoms with Crippen molar-refractivity contribution in [3.8, 4) is 0 Å². The topological polar surface area (TPSA) is 12.0 Å². The van der Waals surface area contributed by atoms with E-state index in [1.165, 1.54) is 11.1 Å². The van der Waals surface area contributed by atoms with Crippen molar-refractivity contribution < 1.29 is 0 Å². The molecular weight excluding hydrogens is 405 g/mol. The van der Waals surface area contributed by atoms with Gasteiger partial charge in [-0.1, -0.05) is 72.3 Å². The third kappa shape index (κ3) is 3.62. The molecule has 0 unspecified atom stereocenters. The fourth-order valence-corrected chi connectivity index (χ4v) is 3.44. The number of rotatable bonds is 4. The van der Waals surface area contributed by atoms with Crippen LogP contribution in [-0.4, -0.2) is 0 Å². The second kappa shape index (κ2) is 7.16. The molecular formula is C19H15ClIN. The van der Waals surface area contributed by atoms with Gasteiger partial charge in [0.15, 0.2) is 0 Å². The van der Waals surface area contributed by atoms with Gasteiger partial charge in [-0.2, -0.15) is 0 Å². The fraction of sp³-hybridized carbons (Fsp3) is 0.0526. The highest BCUT2D eigenvalue weighted by atomic mass is 127. The van der Waals surface area contributed by atoms with Gasteiger partial charge in [-0.05, 0) is 51.9 Å². The number of anilines is 1. The highest BCUT2D eigenvalue weighted by Gasteiger charge is 2.14. The molecule has 0 bridgehead atoms. The monoisotopic (exact) mass is 419 g/mol. The van der Waals surface area contributed by atoms with Crippen LogP contribution >= 0.6 is 34.2 Å². The Labute approximate surface area is 149 Å². The molecule has 0 radical (unpaired) electrons. The van der Waals surface area contributed by atoms with Crippen molar-refractivity contribution in [3.05, 3.63) is 98.6 Å². The lowest BCUT2D eigenvalue weighted by Gasteiger charge is -2.22. The average Bonchev–Trinajstić information content (AvgIpc) is 2.56. The van der Waals surface area contributed by atoms with Crippen LogP contribution in [0.3, 0.4) is 0 Å². The first-order valence-electron chi connectivity index (χ1n) is 7.05. The van der Waals surface area contributed by atoms with Gasteiger partial charge in [0.2, 0.25) is 0 Å². The predicted molar refractivity (Wildman–Crippen MR) is 103 cm³/mol. The molecule has 0 saturated carbocycles. The zero-order valence-electron chi connectivity index (χ0n) is 11.8. The molecule has 0 aliphatic heterocycles. The van der Waals surface area contributed by atoms with Crippen LogP contribution in [-0.2, 0) is 0 Å². The summed E-state index contributed by atoms with van der Waals surface area (Å²) in [6.07, 6.45) is 0. The van der Waals surface area contributed by atoms with Gasteiger partial charge in [0.05, 0.1) is 6.04 Å². The van der Waals surface area contributed by atoms with E-state index >= 15 is 0 Å². The van der Waals surface area contributed by atoms with E-state index in [-0.39, 0.29) is 6.04 Å². The number of benzene rings is 3. The molecule has 0 amide bonds. The molecule has 1 nitrogen and oxygen atoms in total. The summed E-state index contributed by atoms with van der Waals surface area (Å²) < 4.78 is 1.11. The molecule has 0 spiro atoms. The summed E-state index contributed by atoms with van der Waals surface area (Å²) in [4.78, 5) is 0.